The molecule has 38 heavy (non-hydrogen) atoms. The highest BCUT2D eigenvalue weighted by molar-refractivity contribution is 7.99. The number of carbonyl (C=O) groups is 2. The van der Waals surface area contributed by atoms with Gasteiger partial charge in [0, 0.05) is 17.8 Å². The van der Waals surface area contributed by atoms with Crippen LogP contribution in [0.15, 0.2) is 71.9 Å². The minimum atomic E-state index is -0.476. The van der Waals surface area contributed by atoms with Crippen LogP contribution >= 0.6 is 11.8 Å². The normalized spacial score (nSPS) is 12.8. The van der Waals surface area contributed by atoms with Gasteiger partial charge in [0.2, 0.25) is 5.91 Å². The fourth-order valence-corrected chi connectivity index (χ4v) is 5.44. The minimum absolute atomic E-state index is 0.0126. The standard InChI is InChI=1S/C29H28FN5O2S/c1-19-12-13-20(2)25(15-19)35-26(17-31-28(37)22-8-5-10-23(30)16-22)32-33-29(35)38-18-27(36)34-14-6-9-21-7-3-4-11-24(21)34/h3-5,7-8,10-13,15-16H,6,9,14,17-18H2,1-2H3,(H,31,37). The van der Waals surface area contributed by atoms with E-state index in [0.29, 0.717) is 17.5 Å². The number of fused-ring (bicyclic) bond motifs is 1. The maximum atomic E-state index is 13.6. The summed E-state index contributed by atoms with van der Waals surface area (Å²) in [5.41, 5.74) is 5.33. The fourth-order valence-electron chi connectivity index (χ4n) is 4.60. The van der Waals surface area contributed by atoms with E-state index >= 15 is 0 Å². The number of nitrogens with zero attached hydrogens (tertiary/aromatic N) is 4. The van der Waals surface area contributed by atoms with E-state index in [0.717, 1.165) is 35.3 Å². The average molecular weight is 530 g/mol. The second kappa shape index (κ2) is 11.2. The van der Waals surface area contributed by atoms with Crippen molar-refractivity contribution in [1.29, 1.82) is 0 Å². The molecule has 0 spiro atoms. The lowest BCUT2D eigenvalue weighted by molar-refractivity contribution is -0.116. The van der Waals surface area contributed by atoms with Gasteiger partial charge in [0.15, 0.2) is 11.0 Å². The van der Waals surface area contributed by atoms with Gasteiger partial charge in [-0.15, -0.1) is 10.2 Å². The van der Waals surface area contributed by atoms with Crippen LogP contribution in [0, 0.1) is 19.7 Å². The van der Waals surface area contributed by atoms with E-state index < -0.39 is 11.7 Å². The van der Waals surface area contributed by atoms with Gasteiger partial charge in [-0.25, -0.2) is 4.39 Å². The number of rotatable bonds is 7. The van der Waals surface area contributed by atoms with Crippen molar-refractivity contribution in [3.05, 3.63) is 101 Å². The van der Waals surface area contributed by atoms with Gasteiger partial charge < -0.3 is 10.2 Å². The molecule has 194 valence electrons. The maximum Gasteiger partial charge on any atom is 0.251 e. The van der Waals surface area contributed by atoms with Gasteiger partial charge in [-0.3, -0.25) is 14.2 Å². The summed E-state index contributed by atoms with van der Waals surface area (Å²) in [6.45, 7) is 4.78. The van der Waals surface area contributed by atoms with Crippen molar-refractivity contribution < 1.29 is 14.0 Å². The third kappa shape index (κ3) is 5.47. The minimum Gasteiger partial charge on any atom is -0.345 e. The first-order valence-electron chi connectivity index (χ1n) is 12.5. The van der Waals surface area contributed by atoms with E-state index in [4.69, 9.17) is 0 Å². The van der Waals surface area contributed by atoms with Crippen molar-refractivity contribution in [3.63, 3.8) is 0 Å². The van der Waals surface area contributed by atoms with Crippen LogP contribution < -0.4 is 10.2 Å². The van der Waals surface area contributed by atoms with Crippen LogP contribution in [0.2, 0.25) is 0 Å². The van der Waals surface area contributed by atoms with Crippen LogP contribution in [-0.4, -0.2) is 38.9 Å². The van der Waals surface area contributed by atoms with Gasteiger partial charge in [-0.2, -0.15) is 0 Å². The number of thioether (sulfide) groups is 1. The van der Waals surface area contributed by atoms with Crippen molar-refractivity contribution in [1.82, 2.24) is 20.1 Å². The molecule has 0 aliphatic carbocycles. The first kappa shape index (κ1) is 25.7. The highest BCUT2D eigenvalue weighted by Gasteiger charge is 2.24. The van der Waals surface area contributed by atoms with Gasteiger partial charge in [0.05, 0.1) is 18.0 Å². The van der Waals surface area contributed by atoms with E-state index in [1.807, 2.05) is 59.7 Å². The number of nitrogens with one attached hydrogen (secondary N) is 1. The summed E-state index contributed by atoms with van der Waals surface area (Å²) in [6, 6.07) is 19.6. The number of halogens is 1. The first-order chi connectivity index (χ1) is 18.4. The predicted molar refractivity (Wildman–Crippen MR) is 146 cm³/mol. The Bertz CT molecular complexity index is 1500. The Balaban J connectivity index is 1.39. The summed E-state index contributed by atoms with van der Waals surface area (Å²) in [7, 11) is 0. The molecular formula is C29H28FN5O2S. The first-order valence-corrected chi connectivity index (χ1v) is 13.5. The van der Waals surface area contributed by atoms with Crippen LogP contribution in [-0.2, 0) is 17.8 Å². The Labute approximate surface area is 225 Å². The summed E-state index contributed by atoms with van der Waals surface area (Å²) in [5, 5.41) is 12.1. The van der Waals surface area contributed by atoms with Crippen molar-refractivity contribution in [2.24, 2.45) is 0 Å². The van der Waals surface area contributed by atoms with E-state index in [2.05, 4.69) is 21.6 Å². The third-order valence-electron chi connectivity index (χ3n) is 6.54. The molecule has 0 radical (unpaired) electrons. The molecule has 0 saturated heterocycles. The molecule has 9 heteroatoms. The van der Waals surface area contributed by atoms with Crippen LogP contribution in [0.5, 0.6) is 0 Å². The van der Waals surface area contributed by atoms with Crippen LogP contribution in [0.4, 0.5) is 10.1 Å². The van der Waals surface area contributed by atoms with Gasteiger partial charge in [0.1, 0.15) is 5.82 Å². The van der Waals surface area contributed by atoms with E-state index in [-0.39, 0.29) is 23.8 Å². The molecule has 4 aromatic rings. The van der Waals surface area contributed by atoms with Crippen LogP contribution in [0.1, 0.15) is 39.3 Å². The Morgan fingerprint density at radius 2 is 1.84 bits per heavy atom. The Kier molecular flexibility index (Phi) is 7.55. The molecule has 7 nitrogen and oxygen atoms in total. The largest absolute Gasteiger partial charge is 0.345 e. The number of para-hydroxylation sites is 1. The van der Waals surface area contributed by atoms with Crippen LogP contribution in [0.3, 0.4) is 0 Å². The number of aryl methyl sites for hydroxylation is 3. The number of aromatic nitrogens is 3. The van der Waals surface area contributed by atoms with Crippen molar-refractivity contribution >= 4 is 29.3 Å². The quantitative estimate of drug-likeness (QED) is 0.340. The maximum absolute atomic E-state index is 13.6. The molecule has 0 unspecified atom stereocenters. The molecule has 1 aliphatic rings. The fraction of sp³-hybridized carbons (Fsp3) is 0.241. The monoisotopic (exact) mass is 529 g/mol. The highest BCUT2D eigenvalue weighted by atomic mass is 32.2. The Morgan fingerprint density at radius 1 is 1.00 bits per heavy atom. The topological polar surface area (TPSA) is 80.1 Å². The zero-order chi connectivity index (χ0) is 26.6. The molecule has 1 aliphatic heterocycles. The molecule has 0 saturated carbocycles. The van der Waals surface area contributed by atoms with Crippen molar-refractivity contribution in [3.8, 4) is 5.69 Å². The van der Waals surface area contributed by atoms with Gasteiger partial charge in [0.25, 0.3) is 5.91 Å². The number of anilines is 1. The molecular weight excluding hydrogens is 501 g/mol. The van der Waals surface area contributed by atoms with Gasteiger partial charge >= 0.3 is 0 Å². The number of hydrogen-bond donors (Lipinski definition) is 1. The van der Waals surface area contributed by atoms with Gasteiger partial charge in [-0.05, 0) is 73.7 Å². The molecule has 0 fully saturated rings. The summed E-state index contributed by atoms with van der Waals surface area (Å²) in [4.78, 5) is 27.8. The van der Waals surface area contributed by atoms with E-state index in [1.54, 1.807) is 6.07 Å². The second-order valence-electron chi connectivity index (χ2n) is 9.28. The number of benzene rings is 3. The molecule has 2 heterocycles. The molecule has 5 rings (SSSR count). The van der Waals surface area contributed by atoms with E-state index in [1.165, 1.54) is 35.5 Å². The van der Waals surface area contributed by atoms with E-state index in [9.17, 15) is 14.0 Å². The lowest BCUT2D eigenvalue weighted by atomic mass is 10.0. The molecule has 2 amide bonds. The molecule has 3 aromatic carbocycles. The second-order valence-corrected chi connectivity index (χ2v) is 10.2. The summed E-state index contributed by atoms with van der Waals surface area (Å²) >= 11 is 1.32. The number of hydrogen-bond acceptors (Lipinski definition) is 5. The molecule has 0 bridgehead atoms. The number of carbonyl (C=O) groups excluding carboxylic acids is 2. The zero-order valence-corrected chi connectivity index (χ0v) is 22.1. The average Bonchev–Trinajstić information content (AvgIpc) is 3.33. The summed E-state index contributed by atoms with van der Waals surface area (Å²) in [6.07, 6.45) is 1.90. The molecule has 0 atom stereocenters. The predicted octanol–water partition coefficient (Wildman–Crippen LogP) is 5.02. The lowest BCUT2D eigenvalue weighted by Gasteiger charge is -2.29. The smallest absolute Gasteiger partial charge is 0.251 e. The Hall–Kier alpha value is -3.98. The Morgan fingerprint density at radius 3 is 2.68 bits per heavy atom. The number of amides is 2. The summed E-state index contributed by atoms with van der Waals surface area (Å²) < 4.78 is 15.5. The zero-order valence-electron chi connectivity index (χ0n) is 21.3. The SMILES string of the molecule is Cc1ccc(C)c(-n2c(CNC(=O)c3cccc(F)c3)nnc2SCC(=O)N2CCCc3ccccc32)c1. The summed E-state index contributed by atoms with van der Waals surface area (Å²) in [5.74, 6) is -0.156. The highest BCUT2D eigenvalue weighted by Crippen LogP contribution is 2.29. The van der Waals surface area contributed by atoms with Crippen LogP contribution in [0.25, 0.3) is 5.69 Å². The van der Waals surface area contributed by atoms with Crippen molar-refractivity contribution in [2.45, 2.75) is 38.4 Å². The lowest BCUT2D eigenvalue weighted by Crippen LogP contribution is -2.36. The molecule has 1 N–H and O–H groups in total. The van der Waals surface area contributed by atoms with Crippen molar-refractivity contribution in [2.75, 3.05) is 17.2 Å². The van der Waals surface area contributed by atoms with Gasteiger partial charge in [-0.1, -0.05) is 48.2 Å². The molecule has 1 aromatic heterocycles. The third-order valence-corrected chi connectivity index (χ3v) is 7.45.